The van der Waals surface area contributed by atoms with Crippen LogP contribution in [-0.4, -0.2) is 88.6 Å². The van der Waals surface area contributed by atoms with Crippen molar-refractivity contribution in [3.8, 4) is 0 Å². The molecule has 4 atom stereocenters. The van der Waals surface area contributed by atoms with Gasteiger partial charge in [0.2, 0.25) is 8.32 Å². The van der Waals surface area contributed by atoms with Crippen LogP contribution in [0.3, 0.4) is 0 Å². The van der Waals surface area contributed by atoms with Crippen molar-refractivity contribution < 1.29 is 59.0 Å². The first kappa shape index (κ1) is 50.3. The minimum atomic E-state index is -5.24. The molecule has 11 fully saturated rings. The molecule has 23 heteroatoms. The van der Waals surface area contributed by atoms with Gasteiger partial charge in [-0.25, -0.2) is 0 Å². The zero-order valence-electron chi connectivity index (χ0n) is 41.9. The van der Waals surface area contributed by atoms with Crippen LogP contribution >= 0.6 is 0 Å². The van der Waals surface area contributed by atoms with Crippen LogP contribution in [0.1, 0.15) is 180 Å². The Kier molecular flexibility index (Phi) is 13.7. The maximum absolute atomic E-state index is 13.0. The van der Waals surface area contributed by atoms with Gasteiger partial charge in [0.25, 0.3) is 0 Å². The van der Waals surface area contributed by atoms with Crippen molar-refractivity contribution in [1.82, 2.24) is 0 Å². The molecule has 6 bridgehead atoms. The topological polar surface area (TPSA) is 151 Å². The Hall–Kier alpha value is -0.168. The first-order valence-corrected chi connectivity index (χ1v) is 45.1. The normalized spacial score (nSPS) is 41.4. The lowest BCUT2D eigenvalue weighted by atomic mass is 10.4. The van der Waals surface area contributed by atoms with E-state index in [2.05, 4.69) is 67.2 Å². The lowest BCUT2D eigenvalue weighted by Crippen LogP contribution is -2.88. The smallest absolute Gasteiger partial charge is 0.408 e. The van der Waals surface area contributed by atoms with Crippen molar-refractivity contribution in [3.05, 3.63) is 60.7 Å². The second-order valence-electron chi connectivity index (χ2n) is 23.6. The quantitative estimate of drug-likeness (QED) is 0.205. The van der Waals surface area contributed by atoms with Crippen LogP contribution < -0.4 is 10.4 Å². The van der Waals surface area contributed by atoms with E-state index in [4.69, 9.17) is 49.4 Å². The molecule has 2 aromatic rings. The minimum Gasteiger partial charge on any atom is -0.408 e. The second kappa shape index (κ2) is 19.3. The molecule has 7 saturated carbocycles. The van der Waals surface area contributed by atoms with Gasteiger partial charge in [-0.1, -0.05) is 151 Å². The number of hydrogen-bond donors (Lipinski definition) is 2. The highest BCUT2D eigenvalue weighted by Gasteiger charge is 2.86. The molecule has 71 heavy (non-hydrogen) atoms. The summed E-state index contributed by atoms with van der Waals surface area (Å²) in [7, 11) is -38.8. The Morgan fingerprint density at radius 1 is 0.338 bits per heavy atom. The molecule has 14 nitrogen and oxygen atoms in total. The van der Waals surface area contributed by atoms with E-state index in [-0.39, 0.29) is 38.8 Å². The standard InChI is InChI=1S/C48H78O14Si9/c1-63(40-22-4-2-5-23-40,41-24-6-3-7-25-41)51-64(42-26-8-9-27-42)52-65(43-28-10-11-29-43)54-67(45-32-14-15-33-45)55-66(53-64,44-30-12-13-31-44)58-70(48-38-20-21-39-48)60-68(56-67,46-34-16-17-35-46)59-69(57-65,47-36-18-19-37-47)61-71(49,50)62-70/h2-7,22-25,42-50H,8-21,26-39H2,1H3. The monoisotopic (exact) mass is 1130 g/mol. The molecule has 4 heterocycles. The molecule has 2 aromatic carbocycles. The average Bonchev–Trinajstić information content (AvgIpc) is 4.19. The molecule has 4 unspecified atom stereocenters. The van der Waals surface area contributed by atoms with E-state index in [1.165, 1.54) is 0 Å². The number of benzene rings is 2. The second-order valence-corrected chi connectivity index (χ2v) is 51.9. The van der Waals surface area contributed by atoms with Crippen LogP contribution in [0.4, 0.5) is 0 Å². The Morgan fingerprint density at radius 3 is 0.831 bits per heavy atom. The molecule has 0 aromatic heterocycles. The molecule has 390 valence electrons. The van der Waals surface area contributed by atoms with Gasteiger partial charge in [0, 0.05) is 38.8 Å². The Labute approximate surface area is 431 Å². The van der Waals surface area contributed by atoms with Gasteiger partial charge >= 0.3 is 70.7 Å². The molecule has 4 saturated heterocycles. The lowest BCUT2D eigenvalue weighted by Gasteiger charge is -2.64. The largest absolute Gasteiger partial charge is 0.659 e. The molecule has 7 aliphatic carbocycles. The van der Waals surface area contributed by atoms with Crippen molar-refractivity contribution in [1.29, 1.82) is 0 Å². The highest BCUT2D eigenvalue weighted by Crippen LogP contribution is 2.64. The fraction of sp³-hybridized carbons (Fsp3) is 0.750. The first-order chi connectivity index (χ1) is 34.4. The average molecular weight is 1130 g/mol. The lowest BCUT2D eigenvalue weighted by molar-refractivity contribution is -0.0368. The van der Waals surface area contributed by atoms with Gasteiger partial charge in [0.15, 0.2) is 0 Å². The van der Waals surface area contributed by atoms with Crippen molar-refractivity contribution >= 4 is 89.4 Å². The van der Waals surface area contributed by atoms with Crippen LogP contribution in [0.5, 0.6) is 0 Å². The van der Waals surface area contributed by atoms with E-state index < -0.39 is 79.0 Å². The summed E-state index contributed by atoms with van der Waals surface area (Å²) in [5.41, 5.74) is -1.22. The molecule has 0 spiro atoms. The van der Waals surface area contributed by atoms with Crippen LogP contribution in [0.15, 0.2) is 60.7 Å². The summed E-state index contributed by atoms with van der Waals surface area (Å²) in [5, 5.41) is 2.26. The van der Waals surface area contributed by atoms with Gasteiger partial charge in [-0.15, -0.1) is 0 Å². The van der Waals surface area contributed by atoms with E-state index in [9.17, 15) is 9.59 Å². The fourth-order valence-electron chi connectivity index (χ4n) is 15.4. The summed E-state index contributed by atoms with van der Waals surface area (Å²) in [4.78, 5) is 25.9. The van der Waals surface area contributed by atoms with E-state index in [1.54, 1.807) is 0 Å². The van der Waals surface area contributed by atoms with E-state index in [0.29, 0.717) is 0 Å². The molecular formula is C48H78O14Si9. The predicted octanol–water partition coefficient (Wildman–Crippen LogP) is 10.2. The zero-order chi connectivity index (χ0) is 48.1. The molecule has 2 N–H and O–H groups in total. The Balaban J connectivity index is 1.14. The van der Waals surface area contributed by atoms with Crippen molar-refractivity contribution in [2.45, 2.75) is 225 Å². The summed E-state index contributed by atoms with van der Waals surface area (Å²) in [6.07, 6.45) is 25.3. The Bertz CT molecular complexity index is 2080. The van der Waals surface area contributed by atoms with Crippen LogP contribution in [0, 0.1) is 0 Å². The maximum Gasteiger partial charge on any atom is 0.659 e. The molecule has 11 aliphatic rings. The SMILES string of the molecule is C[Si](O[Si]1(C2CCCC2)O[Si]2(C3CCCC3)O[Si]3(C4CCCC4)O[Si](O)(O)O[Si]4(C5CCCC5)O[Si](C5CCCC5)(O3)O[Si](C3CCCC3)(O2)O[Si](C2CCCC2)(O4)O1)(c1ccccc1)c1ccccc1. The number of rotatable bonds is 11. The molecule has 0 radical (unpaired) electrons. The van der Waals surface area contributed by atoms with E-state index in [0.717, 1.165) is 190 Å². The minimum absolute atomic E-state index is 0.0750. The fourth-order valence-corrected chi connectivity index (χ4v) is 71.6. The van der Waals surface area contributed by atoms with Gasteiger partial charge in [-0.2, -0.15) is 0 Å². The third kappa shape index (κ3) is 8.82. The number of fused-ring (bicyclic) bond motifs is 4. The third-order valence-corrected chi connectivity index (χ3v) is 60.7. The zero-order valence-corrected chi connectivity index (χ0v) is 50.9. The molecule has 13 rings (SSSR count). The highest BCUT2D eigenvalue weighted by atomic mass is 28.6. The highest BCUT2D eigenvalue weighted by molar-refractivity contribution is 7.05. The third-order valence-electron chi connectivity index (χ3n) is 19.1. The van der Waals surface area contributed by atoms with Crippen molar-refractivity contribution in [3.63, 3.8) is 0 Å². The van der Waals surface area contributed by atoms with Gasteiger partial charge in [-0.3, -0.25) is 0 Å². The summed E-state index contributed by atoms with van der Waals surface area (Å²) in [6, 6.07) is 21.6. The summed E-state index contributed by atoms with van der Waals surface area (Å²) in [5.74, 6) is 0. The summed E-state index contributed by atoms with van der Waals surface area (Å²) >= 11 is 0. The van der Waals surface area contributed by atoms with Crippen LogP contribution in [-0.2, 0) is 49.4 Å². The van der Waals surface area contributed by atoms with E-state index in [1.807, 2.05) is 0 Å². The van der Waals surface area contributed by atoms with Crippen LogP contribution in [0.25, 0.3) is 0 Å². The van der Waals surface area contributed by atoms with Gasteiger partial charge in [-0.05, 0) is 107 Å². The number of hydrogen-bond acceptors (Lipinski definition) is 14. The van der Waals surface area contributed by atoms with Gasteiger partial charge in [0.1, 0.15) is 0 Å². The van der Waals surface area contributed by atoms with Crippen molar-refractivity contribution in [2.75, 3.05) is 0 Å². The van der Waals surface area contributed by atoms with Crippen LogP contribution in [0.2, 0.25) is 45.3 Å². The van der Waals surface area contributed by atoms with Gasteiger partial charge < -0.3 is 59.0 Å². The maximum atomic E-state index is 13.0. The van der Waals surface area contributed by atoms with Gasteiger partial charge in [0.05, 0.1) is 0 Å². The van der Waals surface area contributed by atoms with E-state index >= 15 is 0 Å². The molecular weight excluding hydrogens is 1050 g/mol. The summed E-state index contributed by atoms with van der Waals surface area (Å²) < 4.78 is 99.6. The summed E-state index contributed by atoms with van der Waals surface area (Å²) in [6.45, 7) is 2.33. The van der Waals surface area contributed by atoms with Crippen molar-refractivity contribution in [2.24, 2.45) is 0 Å². The predicted molar refractivity (Wildman–Crippen MR) is 283 cm³/mol. The molecule has 4 aliphatic heterocycles. The first-order valence-electron chi connectivity index (χ1n) is 28.4. The Morgan fingerprint density at radius 2 is 0.563 bits per heavy atom. The molecule has 0 amide bonds.